The van der Waals surface area contributed by atoms with Crippen molar-refractivity contribution in [3.63, 3.8) is 0 Å². The van der Waals surface area contributed by atoms with Crippen LogP contribution in [-0.2, 0) is 16.1 Å². The summed E-state index contributed by atoms with van der Waals surface area (Å²) in [5.41, 5.74) is 3.82. The minimum Gasteiger partial charge on any atom is -0.496 e. The Bertz CT molecular complexity index is 1310. The van der Waals surface area contributed by atoms with Crippen LogP contribution >= 0.6 is 0 Å². The summed E-state index contributed by atoms with van der Waals surface area (Å²) < 4.78 is 16.6. The number of amides is 2. The number of rotatable bonds is 13. The molecule has 3 aromatic carbocycles. The fourth-order valence-electron chi connectivity index (χ4n) is 4.49. The number of hydrogen-bond acceptors (Lipinski definition) is 5. The van der Waals surface area contributed by atoms with E-state index in [1.54, 1.807) is 36.3 Å². The predicted octanol–water partition coefficient (Wildman–Crippen LogP) is 4.69. The first kappa shape index (κ1) is 27.6. The highest BCUT2D eigenvalue weighted by molar-refractivity contribution is 5.81. The van der Waals surface area contributed by atoms with Crippen LogP contribution in [0.3, 0.4) is 0 Å². The number of ether oxygens (including phenoxy) is 3. The molecule has 3 aromatic rings. The van der Waals surface area contributed by atoms with Gasteiger partial charge >= 0.3 is 0 Å². The highest BCUT2D eigenvalue weighted by atomic mass is 16.5. The first-order valence-corrected chi connectivity index (χ1v) is 13.0. The van der Waals surface area contributed by atoms with Crippen LogP contribution < -0.4 is 24.8 Å². The number of para-hydroxylation sites is 2. The van der Waals surface area contributed by atoms with E-state index in [1.165, 1.54) is 6.92 Å². The summed E-state index contributed by atoms with van der Waals surface area (Å²) in [5.74, 6) is 1.64. The lowest BCUT2D eigenvalue weighted by Crippen LogP contribution is -2.46. The van der Waals surface area contributed by atoms with Crippen molar-refractivity contribution in [3.05, 3.63) is 90.1 Å². The molecule has 8 nitrogen and oxygen atoms in total. The lowest BCUT2D eigenvalue weighted by Gasteiger charge is -2.28. The van der Waals surface area contributed by atoms with Crippen molar-refractivity contribution in [1.82, 2.24) is 15.5 Å². The van der Waals surface area contributed by atoms with Crippen molar-refractivity contribution < 1.29 is 23.8 Å². The molecule has 0 saturated carbocycles. The van der Waals surface area contributed by atoms with E-state index in [-0.39, 0.29) is 24.5 Å². The van der Waals surface area contributed by atoms with Gasteiger partial charge in [0.25, 0.3) is 5.91 Å². The second-order valence-electron chi connectivity index (χ2n) is 9.17. The molecule has 0 spiro atoms. The molecule has 0 bridgehead atoms. The van der Waals surface area contributed by atoms with Crippen molar-refractivity contribution in [2.75, 3.05) is 26.9 Å². The molecule has 203 valence electrons. The normalized spacial score (nSPS) is 12.4. The monoisotopic (exact) mass is 528 g/mol. The largest absolute Gasteiger partial charge is 0.496 e. The zero-order valence-electron chi connectivity index (χ0n) is 22.6. The topological polar surface area (TPSA) is 91.2 Å². The molecule has 8 heteroatoms. The van der Waals surface area contributed by atoms with Crippen molar-refractivity contribution >= 4 is 23.1 Å². The van der Waals surface area contributed by atoms with Gasteiger partial charge in [-0.1, -0.05) is 36.4 Å². The van der Waals surface area contributed by atoms with Crippen LogP contribution in [0.25, 0.3) is 5.57 Å². The van der Waals surface area contributed by atoms with Gasteiger partial charge in [-0.2, -0.15) is 0 Å². The van der Waals surface area contributed by atoms with Crippen LogP contribution in [0.15, 0.2) is 79.0 Å². The number of methoxy groups -OCH3 is 1. The van der Waals surface area contributed by atoms with Gasteiger partial charge in [0, 0.05) is 37.3 Å². The maximum atomic E-state index is 13.0. The number of fused-ring (bicyclic) bond motifs is 1. The van der Waals surface area contributed by atoms with E-state index in [2.05, 4.69) is 10.6 Å². The molecule has 0 aromatic heterocycles. The third-order valence-electron chi connectivity index (χ3n) is 6.39. The lowest BCUT2D eigenvalue weighted by molar-refractivity contribution is -0.131. The van der Waals surface area contributed by atoms with Gasteiger partial charge in [-0.3, -0.25) is 14.9 Å². The summed E-state index contributed by atoms with van der Waals surface area (Å²) in [5, 5.41) is 7.59. The summed E-state index contributed by atoms with van der Waals surface area (Å²) >= 11 is 0. The zero-order valence-corrected chi connectivity index (χ0v) is 22.6. The third kappa shape index (κ3) is 7.54. The van der Waals surface area contributed by atoms with Crippen LogP contribution in [0.5, 0.6) is 17.2 Å². The van der Waals surface area contributed by atoms with E-state index in [1.807, 2.05) is 61.7 Å². The Morgan fingerprint density at radius 1 is 0.949 bits per heavy atom. The Morgan fingerprint density at radius 3 is 2.36 bits per heavy atom. The van der Waals surface area contributed by atoms with Crippen LogP contribution in [0, 0.1) is 0 Å². The summed E-state index contributed by atoms with van der Waals surface area (Å²) in [6.07, 6.45) is 2.34. The molecule has 1 radical (unpaired) electrons. The molecule has 1 atom stereocenters. The molecule has 1 N–H and O–H groups in total. The molecule has 1 aliphatic heterocycles. The van der Waals surface area contributed by atoms with Gasteiger partial charge in [0.15, 0.2) is 6.61 Å². The Balaban J connectivity index is 1.47. The second-order valence-corrected chi connectivity index (χ2v) is 9.17. The van der Waals surface area contributed by atoms with Gasteiger partial charge in [-0.25, -0.2) is 0 Å². The maximum absolute atomic E-state index is 13.0. The Labute approximate surface area is 229 Å². The summed E-state index contributed by atoms with van der Waals surface area (Å²) in [6, 6.07) is 22.3. The van der Waals surface area contributed by atoms with Crippen molar-refractivity contribution in [3.8, 4) is 17.2 Å². The Hall–Kier alpha value is -4.46. The molecule has 1 heterocycles. The highest BCUT2D eigenvalue weighted by Gasteiger charge is 2.24. The molecule has 2 amide bonds. The van der Waals surface area contributed by atoms with Gasteiger partial charge in [-0.05, 0) is 55.3 Å². The van der Waals surface area contributed by atoms with Crippen molar-refractivity contribution in [1.29, 1.82) is 0 Å². The van der Waals surface area contributed by atoms with Crippen LogP contribution in [0.4, 0.5) is 5.69 Å². The third-order valence-corrected chi connectivity index (χ3v) is 6.39. The molecule has 0 saturated heterocycles. The van der Waals surface area contributed by atoms with Crippen molar-refractivity contribution in [2.45, 2.75) is 32.9 Å². The van der Waals surface area contributed by atoms with E-state index >= 15 is 0 Å². The number of nitrogens with one attached hydrogen (secondary N) is 1. The van der Waals surface area contributed by atoms with E-state index in [9.17, 15) is 9.59 Å². The molecular weight excluding hydrogens is 494 g/mol. The Kier molecular flexibility index (Phi) is 9.45. The average molecular weight is 529 g/mol. The first-order valence-electron chi connectivity index (χ1n) is 13.0. The zero-order chi connectivity index (χ0) is 27.6. The minimum atomic E-state index is -0.368. The quantitative estimate of drug-likeness (QED) is 0.348. The van der Waals surface area contributed by atoms with Gasteiger partial charge in [0.1, 0.15) is 17.2 Å². The molecular formula is C31H34N3O5. The Morgan fingerprint density at radius 2 is 1.64 bits per heavy atom. The fraction of sp³-hybridized carbons (Fsp3) is 0.290. The van der Waals surface area contributed by atoms with Crippen molar-refractivity contribution in [2.24, 2.45) is 0 Å². The predicted molar refractivity (Wildman–Crippen MR) is 150 cm³/mol. The standard InChI is InChI=1S/C31H34N3O5/c1-4-38-26-13-15-27(16-14-26)39-21-31(36)33-25(17-24-18-32-29-11-7-6-10-28(24)29)20-34(22(2)35)19-23-9-5-8-12-30(23)37-3/h5-16,18,25H,4,17,19-21H2,1-3H3,(H,33,36). The van der Waals surface area contributed by atoms with Crippen LogP contribution in [0.2, 0.25) is 0 Å². The SMILES string of the molecule is CCOc1ccc(OCC(=O)NC(CC2=C[N]c3ccccc32)CN(Cc2ccccc2OC)C(C)=O)cc1. The van der Waals surface area contributed by atoms with Crippen LogP contribution in [0.1, 0.15) is 31.4 Å². The van der Waals surface area contributed by atoms with Crippen LogP contribution in [-0.4, -0.2) is 49.6 Å². The second kappa shape index (κ2) is 13.4. The minimum absolute atomic E-state index is 0.101. The lowest BCUT2D eigenvalue weighted by atomic mass is 9.99. The number of hydrogen-bond donors (Lipinski definition) is 1. The summed E-state index contributed by atoms with van der Waals surface area (Å²) in [7, 11) is 1.61. The van der Waals surface area contributed by atoms with Gasteiger partial charge in [0.05, 0.1) is 25.4 Å². The molecule has 0 fully saturated rings. The molecule has 4 rings (SSSR count). The fourth-order valence-corrected chi connectivity index (χ4v) is 4.49. The number of carbonyl (C=O) groups excluding carboxylic acids is 2. The molecule has 1 aliphatic rings. The maximum Gasteiger partial charge on any atom is 0.258 e. The average Bonchev–Trinajstić information content (AvgIpc) is 3.35. The number of benzene rings is 3. The molecule has 39 heavy (non-hydrogen) atoms. The van der Waals surface area contributed by atoms with Gasteiger partial charge < -0.3 is 24.4 Å². The van der Waals surface area contributed by atoms with E-state index in [0.717, 1.165) is 28.1 Å². The smallest absolute Gasteiger partial charge is 0.258 e. The number of carbonyl (C=O) groups is 2. The summed E-state index contributed by atoms with van der Waals surface area (Å²) in [4.78, 5) is 27.4. The van der Waals surface area contributed by atoms with E-state index < -0.39 is 0 Å². The number of nitrogens with zero attached hydrogens (tertiary/aromatic N) is 2. The molecule has 1 unspecified atom stereocenters. The van der Waals surface area contributed by atoms with Gasteiger partial charge in [-0.15, -0.1) is 0 Å². The van der Waals surface area contributed by atoms with Gasteiger partial charge in [0.2, 0.25) is 5.91 Å². The molecule has 0 aliphatic carbocycles. The van der Waals surface area contributed by atoms with E-state index in [0.29, 0.717) is 37.6 Å². The first-order chi connectivity index (χ1) is 19.0. The highest BCUT2D eigenvalue weighted by Crippen LogP contribution is 2.33. The van der Waals surface area contributed by atoms with E-state index in [4.69, 9.17) is 14.2 Å². The summed E-state index contributed by atoms with van der Waals surface area (Å²) in [6.45, 7) is 4.53.